The second-order valence-electron chi connectivity index (χ2n) is 1.71. The molecule has 0 aliphatic heterocycles. The fourth-order valence-electron chi connectivity index (χ4n) is 0.367. The average molecular weight is 147 g/mol. The Hall–Kier alpha value is -1.13. The molecule has 0 aromatic carbocycles. The SMILES string of the molecule is CCCOC(=O)C[N+](=O)[O-]. The molecule has 5 heteroatoms. The maximum Gasteiger partial charge on any atom is 0.378 e. The molecule has 5 nitrogen and oxygen atoms in total. The van der Waals surface area contributed by atoms with Crippen molar-refractivity contribution in [2.24, 2.45) is 0 Å². The van der Waals surface area contributed by atoms with Gasteiger partial charge in [0.15, 0.2) is 0 Å². The summed E-state index contributed by atoms with van der Waals surface area (Å²) in [6.45, 7) is 1.34. The monoisotopic (exact) mass is 147 g/mol. The first-order valence-electron chi connectivity index (χ1n) is 2.94. The van der Waals surface area contributed by atoms with Crippen molar-refractivity contribution < 1.29 is 14.5 Å². The first-order valence-corrected chi connectivity index (χ1v) is 2.94. The van der Waals surface area contributed by atoms with Crippen LogP contribution in [0, 0.1) is 10.1 Å². The van der Waals surface area contributed by atoms with Crippen LogP contribution >= 0.6 is 0 Å². The van der Waals surface area contributed by atoms with Crippen LogP contribution in [0.5, 0.6) is 0 Å². The van der Waals surface area contributed by atoms with Crippen molar-refractivity contribution in [1.29, 1.82) is 0 Å². The summed E-state index contributed by atoms with van der Waals surface area (Å²) in [6, 6.07) is 0. The van der Waals surface area contributed by atoms with Gasteiger partial charge < -0.3 is 4.74 Å². The lowest BCUT2D eigenvalue weighted by atomic mass is 10.5. The van der Waals surface area contributed by atoms with Crippen LogP contribution < -0.4 is 0 Å². The van der Waals surface area contributed by atoms with Gasteiger partial charge in [0.2, 0.25) is 0 Å². The predicted octanol–water partition coefficient (Wildman–Crippen LogP) is 0.216. The van der Waals surface area contributed by atoms with Gasteiger partial charge in [-0.05, 0) is 6.42 Å². The molecule has 0 amide bonds. The number of rotatable bonds is 4. The molecule has 0 heterocycles. The van der Waals surface area contributed by atoms with Crippen molar-refractivity contribution in [3.63, 3.8) is 0 Å². The number of esters is 1. The first-order chi connectivity index (χ1) is 4.66. The lowest BCUT2D eigenvalue weighted by molar-refractivity contribution is -0.470. The Morgan fingerprint density at radius 2 is 2.30 bits per heavy atom. The lowest BCUT2D eigenvalue weighted by Crippen LogP contribution is -2.16. The van der Waals surface area contributed by atoms with Crippen molar-refractivity contribution in [2.45, 2.75) is 13.3 Å². The Kier molecular flexibility index (Phi) is 4.19. The quantitative estimate of drug-likeness (QED) is 0.324. The summed E-state index contributed by atoms with van der Waals surface area (Å²) in [7, 11) is 0. The number of carbonyl (C=O) groups is 1. The van der Waals surface area contributed by atoms with Crippen LogP contribution in [0.15, 0.2) is 0 Å². The minimum atomic E-state index is -0.771. The van der Waals surface area contributed by atoms with Crippen LogP contribution in [0.4, 0.5) is 0 Å². The summed E-state index contributed by atoms with van der Waals surface area (Å²) in [4.78, 5) is 19.3. The molecule has 0 radical (unpaired) electrons. The number of carbonyl (C=O) groups excluding carboxylic acids is 1. The molecule has 0 saturated carbocycles. The molecule has 58 valence electrons. The van der Waals surface area contributed by atoms with Crippen LogP contribution in [-0.2, 0) is 9.53 Å². The molecule has 0 spiro atoms. The van der Waals surface area contributed by atoms with Gasteiger partial charge in [0, 0.05) is 4.92 Å². The molecule has 10 heavy (non-hydrogen) atoms. The van der Waals surface area contributed by atoms with Gasteiger partial charge in [0.05, 0.1) is 6.61 Å². The van der Waals surface area contributed by atoms with Gasteiger partial charge in [-0.2, -0.15) is 0 Å². The zero-order valence-corrected chi connectivity index (χ0v) is 5.70. The Labute approximate surface area is 58.1 Å². The van der Waals surface area contributed by atoms with E-state index >= 15 is 0 Å². The highest BCUT2D eigenvalue weighted by molar-refractivity contribution is 5.70. The molecule has 0 aliphatic rings. The zero-order chi connectivity index (χ0) is 7.98. The van der Waals surface area contributed by atoms with E-state index < -0.39 is 17.4 Å². The fraction of sp³-hybridized carbons (Fsp3) is 0.800. The van der Waals surface area contributed by atoms with Crippen LogP contribution in [0.25, 0.3) is 0 Å². The maximum atomic E-state index is 10.3. The smallest absolute Gasteiger partial charge is 0.378 e. The Morgan fingerprint density at radius 3 is 2.70 bits per heavy atom. The largest absolute Gasteiger partial charge is 0.461 e. The van der Waals surface area contributed by atoms with Crippen molar-refractivity contribution in [3.05, 3.63) is 10.1 Å². The van der Waals surface area contributed by atoms with Gasteiger partial charge in [0.1, 0.15) is 0 Å². The number of nitro groups is 1. The predicted molar refractivity (Wildman–Crippen MR) is 33.1 cm³/mol. The zero-order valence-electron chi connectivity index (χ0n) is 5.70. The standard InChI is InChI=1S/C5H9NO4/c1-2-3-10-5(7)4-6(8)9/h2-4H2,1H3. The maximum absolute atomic E-state index is 10.3. The molecule has 0 aromatic rings. The van der Waals surface area contributed by atoms with E-state index in [0.29, 0.717) is 6.42 Å². The second-order valence-corrected chi connectivity index (χ2v) is 1.71. The van der Waals surface area contributed by atoms with E-state index in [-0.39, 0.29) is 6.61 Å². The van der Waals surface area contributed by atoms with E-state index in [2.05, 4.69) is 4.74 Å². The Balaban J connectivity index is 3.35. The van der Waals surface area contributed by atoms with Crippen LogP contribution in [0.3, 0.4) is 0 Å². The molecule has 0 rings (SSSR count). The molecule has 0 N–H and O–H groups in total. The van der Waals surface area contributed by atoms with E-state index in [1.165, 1.54) is 0 Å². The third-order valence-electron chi connectivity index (χ3n) is 0.725. The summed E-state index contributed by atoms with van der Waals surface area (Å²) in [6.07, 6.45) is 0.684. The van der Waals surface area contributed by atoms with Crippen molar-refractivity contribution in [2.75, 3.05) is 13.2 Å². The van der Waals surface area contributed by atoms with Gasteiger partial charge in [-0.1, -0.05) is 6.92 Å². The molecular formula is C5H9NO4. The third kappa shape index (κ3) is 5.02. The van der Waals surface area contributed by atoms with E-state index in [1.54, 1.807) is 0 Å². The average Bonchev–Trinajstić information content (AvgIpc) is 1.82. The van der Waals surface area contributed by atoms with Crippen molar-refractivity contribution in [1.82, 2.24) is 0 Å². The minimum Gasteiger partial charge on any atom is -0.461 e. The van der Waals surface area contributed by atoms with Crippen molar-refractivity contribution in [3.8, 4) is 0 Å². The second kappa shape index (κ2) is 4.72. The molecule has 0 saturated heterocycles. The third-order valence-corrected chi connectivity index (χ3v) is 0.725. The first kappa shape index (κ1) is 8.87. The van der Waals surface area contributed by atoms with E-state index in [0.717, 1.165) is 0 Å². The minimum absolute atomic E-state index is 0.257. The van der Waals surface area contributed by atoms with E-state index in [9.17, 15) is 14.9 Å². The summed E-state index contributed by atoms with van der Waals surface area (Å²) in [5, 5.41) is 9.68. The van der Waals surface area contributed by atoms with Gasteiger partial charge in [0.25, 0.3) is 6.54 Å². The molecule has 0 aliphatic carbocycles. The van der Waals surface area contributed by atoms with Crippen LogP contribution in [-0.4, -0.2) is 24.0 Å². The summed E-state index contributed by atoms with van der Waals surface area (Å²) in [5.41, 5.74) is 0. The summed E-state index contributed by atoms with van der Waals surface area (Å²) < 4.78 is 4.42. The number of nitrogens with zero attached hydrogens (tertiary/aromatic N) is 1. The molecular weight excluding hydrogens is 138 g/mol. The lowest BCUT2D eigenvalue weighted by Gasteiger charge is -1.96. The highest BCUT2D eigenvalue weighted by Gasteiger charge is 2.08. The number of hydrogen-bond acceptors (Lipinski definition) is 4. The molecule has 0 atom stereocenters. The Bertz CT molecular complexity index is 134. The normalized spacial score (nSPS) is 8.90. The summed E-state index contributed by atoms with van der Waals surface area (Å²) in [5.74, 6) is -0.771. The van der Waals surface area contributed by atoms with E-state index in [4.69, 9.17) is 0 Å². The van der Waals surface area contributed by atoms with Gasteiger partial charge in [-0.3, -0.25) is 10.1 Å². The molecule has 0 fully saturated rings. The fourth-order valence-corrected chi connectivity index (χ4v) is 0.367. The van der Waals surface area contributed by atoms with Crippen LogP contribution in [0.2, 0.25) is 0 Å². The van der Waals surface area contributed by atoms with E-state index in [1.807, 2.05) is 6.92 Å². The number of ether oxygens (including phenoxy) is 1. The highest BCUT2D eigenvalue weighted by atomic mass is 16.6. The number of hydrogen-bond donors (Lipinski definition) is 0. The van der Waals surface area contributed by atoms with Gasteiger partial charge >= 0.3 is 5.97 Å². The van der Waals surface area contributed by atoms with Crippen molar-refractivity contribution >= 4 is 5.97 Å². The van der Waals surface area contributed by atoms with Gasteiger partial charge in [-0.25, -0.2) is 4.79 Å². The Morgan fingerprint density at radius 1 is 1.70 bits per heavy atom. The molecule has 0 aromatic heterocycles. The van der Waals surface area contributed by atoms with Gasteiger partial charge in [-0.15, -0.1) is 0 Å². The highest BCUT2D eigenvalue weighted by Crippen LogP contribution is 1.82. The summed E-state index contributed by atoms with van der Waals surface area (Å²) >= 11 is 0. The molecule has 0 unspecified atom stereocenters. The van der Waals surface area contributed by atoms with Crippen LogP contribution in [0.1, 0.15) is 13.3 Å². The molecule has 0 bridgehead atoms. The topological polar surface area (TPSA) is 69.4 Å².